The van der Waals surface area contributed by atoms with Crippen molar-refractivity contribution < 1.29 is 19.4 Å². The predicted molar refractivity (Wildman–Crippen MR) is 87.9 cm³/mol. The normalized spacial score (nSPS) is 20.8. The van der Waals surface area contributed by atoms with Gasteiger partial charge in [-0.3, -0.25) is 4.79 Å². The summed E-state index contributed by atoms with van der Waals surface area (Å²) in [7, 11) is 0. The topological polar surface area (TPSA) is 75.6 Å². The summed E-state index contributed by atoms with van der Waals surface area (Å²) >= 11 is 0. The molecule has 0 spiro atoms. The predicted octanol–water partition coefficient (Wildman–Crippen LogP) is 3.08. The Morgan fingerprint density at radius 2 is 1.91 bits per heavy atom. The average molecular weight is 319 g/mol. The Balaban J connectivity index is 2.07. The van der Waals surface area contributed by atoms with E-state index in [4.69, 9.17) is 9.84 Å². The molecule has 23 heavy (non-hydrogen) atoms. The highest BCUT2D eigenvalue weighted by molar-refractivity contribution is 5.95. The number of carbonyl (C=O) groups excluding carboxylic acids is 1. The number of benzene rings is 1. The third-order valence-corrected chi connectivity index (χ3v) is 4.33. The second kappa shape index (κ2) is 7.49. The maximum absolute atomic E-state index is 12.5. The monoisotopic (exact) mass is 319 g/mol. The van der Waals surface area contributed by atoms with Gasteiger partial charge >= 0.3 is 5.97 Å². The maximum Gasteiger partial charge on any atom is 0.341 e. The molecule has 0 saturated heterocycles. The molecule has 126 valence electrons. The van der Waals surface area contributed by atoms with Crippen LogP contribution in [0.3, 0.4) is 0 Å². The Kier molecular flexibility index (Phi) is 5.64. The minimum absolute atomic E-state index is 0.0694. The molecule has 0 bridgehead atoms. The Labute approximate surface area is 137 Å². The third kappa shape index (κ3) is 4.71. The van der Waals surface area contributed by atoms with Crippen molar-refractivity contribution >= 4 is 11.9 Å². The van der Waals surface area contributed by atoms with Crippen LogP contribution in [-0.4, -0.2) is 29.6 Å². The lowest BCUT2D eigenvalue weighted by Gasteiger charge is -2.27. The lowest BCUT2D eigenvalue weighted by molar-refractivity contribution is -0.139. The molecule has 0 aliphatic heterocycles. The van der Waals surface area contributed by atoms with Crippen molar-refractivity contribution in [2.75, 3.05) is 6.61 Å². The van der Waals surface area contributed by atoms with E-state index in [9.17, 15) is 9.59 Å². The van der Waals surface area contributed by atoms with Gasteiger partial charge in [0.25, 0.3) is 5.91 Å². The van der Waals surface area contributed by atoms with Crippen molar-refractivity contribution in [1.29, 1.82) is 0 Å². The quantitative estimate of drug-likeness (QED) is 0.874. The summed E-state index contributed by atoms with van der Waals surface area (Å²) in [6.45, 7) is 5.49. The van der Waals surface area contributed by atoms with E-state index < -0.39 is 5.97 Å². The lowest BCUT2D eigenvalue weighted by Crippen LogP contribution is -2.38. The van der Waals surface area contributed by atoms with E-state index in [0.717, 1.165) is 30.4 Å². The van der Waals surface area contributed by atoms with Crippen LogP contribution in [0.25, 0.3) is 0 Å². The Morgan fingerprint density at radius 3 is 2.48 bits per heavy atom. The molecule has 2 atom stereocenters. The molecule has 1 aliphatic rings. The first-order chi connectivity index (χ1) is 10.9. The SMILES string of the molecule is Cc1cc(C(=O)NC2CCCC(C)C2)cc(C)c1OCC(=O)O. The molecule has 1 aromatic carbocycles. The number of amides is 1. The number of carboxylic acid groups (broad SMARTS) is 1. The first-order valence-corrected chi connectivity index (χ1v) is 8.13. The maximum atomic E-state index is 12.5. The molecule has 2 N–H and O–H groups in total. The highest BCUT2D eigenvalue weighted by Gasteiger charge is 2.21. The van der Waals surface area contributed by atoms with E-state index in [2.05, 4.69) is 12.2 Å². The van der Waals surface area contributed by atoms with Crippen LogP contribution in [0.5, 0.6) is 5.75 Å². The molecule has 2 unspecified atom stereocenters. The first kappa shape index (κ1) is 17.3. The fraction of sp³-hybridized carbons (Fsp3) is 0.556. The zero-order chi connectivity index (χ0) is 17.0. The van der Waals surface area contributed by atoms with E-state index in [1.165, 1.54) is 6.42 Å². The summed E-state index contributed by atoms with van der Waals surface area (Å²) in [5.41, 5.74) is 2.14. The van der Waals surface area contributed by atoms with Gasteiger partial charge in [-0.1, -0.05) is 19.8 Å². The van der Waals surface area contributed by atoms with Crippen LogP contribution in [0, 0.1) is 19.8 Å². The Hall–Kier alpha value is -2.04. The van der Waals surface area contributed by atoms with Crippen LogP contribution < -0.4 is 10.1 Å². The van der Waals surface area contributed by atoms with E-state index in [1.54, 1.807) is 12.1 Å². The first-order valence-electron chi connectivity index (χ1n) is 8.13. The summed E-state index contributed by atoms with van der Waals surface area (Å²) < 4.78 is 5.30. The summed E-state index contributed by atoms with van der Waals surface area (Å²) in [5.74, 6) is 0.108. The summed E-state index contributed by atoms with van der Waals surface area (Å²) in [4.78, 5) is 23.1. The largest absolute Gasteiger partial charge is 0.481 e. The zero-order valence-corrected chi connectivity index (χ0v) is 14.0. The van der Waals surface area contributed by atoms with Crippen LogP contribution in [-0.2, 0) is 4.79 Å². The lowest BCUT2D eigenvalue weighted by atomic mass is 9.87. The highest BCUT2D eigenvalue weighted by atomic mass is 16.5. The minimum atomic E-state index is -1.02. The molecule has 1 amide bonds. The number of hydrogen-bond donors (Lipinski definition) is 2. The number of carboxylic acids is 1. The van der Waals surface area contributed by atoms with Crippen molar-refractivity contribution in [2.24, 2.45) is 5.92 Å². The number of hydrogen-bond acceptors (Lipinski definition) is 3. The van der Waals surface area contributed by atoms with Crippen molar-refractivity contribution in [3.05, 3.63) is 28.8 Å². The molecule has 0 radical (unpaired) electrons. The molecule has 1 aromatic rings. The van der Waals surface area contributed by atoms with E-state index in [-0.39, 0.29) is 18.6 Å². The molecule has 1 fully saturated rings. The zero-order valence-electron chi connectivity index (χ0n) is 14.0. The fourth-order valence-corrected chi connectivity index (χ4v) is 3.28. The van der Waals surface area contributed by atoms with Gasteiger partial charge in [-0.05, 0) is 55.9 Å². The fourth-order valence-electron chi connectivity index (χ4n) is 3.28. The van der Waals surface area contributed by atoms with Gasteiger partial charge in [-0.2, -0.15) is 0 Å². The van der Waals surface area contributed by atoms with Gasteiger partial charge in [0, 0.05) is 11.6 Å². The van der Waals surface area contributed by atoms with Gasteiger partial charge in [0.1, 0.15) is 5.75 Å². The van der Waals surface area contributed by atoms with Gasteiger partial charge in [-0.25, -0.2) is 4.79 Å². The van der Waals surface area contributed by atoms with E-state index in [0.29, 0.717) is 17.2 Å². The number of nitrogens with one attached hydrogen (secondary N) is 1. The molecular formula is C18H25NO4. The molecule has 2 rings (SSSR count). The summed E-state index contributed by atoms with van der Waals surface area (Å²) in [6, 6.07) is 3.76. The second-order valence-corrected chi connectivity index (χ2v) is 6.56. The van der Waals surface area contributed by atoms with Crippen molar-refractivity contribution in [2.45, 2.75) is 52.5 Å². The van der Waals surface area contributed by atoms with E-state index in [1.807, 2.05) is 13.8 Å². The molecule has 1 aliphatic carbocycles. The van der Waals surface area contributed by atoms with Gasteiger partial charge in [-0.15, -0.1) is 0 Å². The number of aliphatic carboxylic acids is 1. The van der Waals surface area contributed by atoms with Crippen molar-refractivity contribution in [3.8, 4) is 5.75 Å². The molecule has 0 aromatic heterocycles. The van der Waals surface area contributed by atoms with Crippen molar-refractivity contribution in [3.63, 3.8) is 0 Å². The number of aryl methyl sites for hydroxylation is 2. The van der Waals surface area contributed by atoms with Crippen LogP contribution >= 0.6 is 0 Å². The third-order valence-electron chi connectivity index (χ3n) is 4.33. The average Bonchev–Trinajstić information content (AvgIpc) is 2.45. The van der Waals surface area contributed by atoms with E-state index >= 15 is 0 Å². The number of rotatable bonds is 5. The van der Waals surface area contributed by atoms with Crippen LogP contribution in [0.2, 0.25) is 0 Å². The molecule has 5 nitrogen and oxygen atoms in total. The smallest absolute Gasteiger partial charge is 0.341 e. The Morgan fingerprint density at radius 1 is 1.26 bits per heavy atom. The summed E-state index contributed by atoms with van der Waals surface area (Å²) in [5, 5.41) is 11.8. The molecule has 0 heterocycles. The standard InChI is InChI=1S/C18H25NO4/c1-11-5-4-6-15(7-11)19-18(22)14-8-12(2)17(13(3)9-14)23-10-16(20)21/h8-9,11,15H,4-7,10H2,1-3H3,(H,19,22)(H,20,21). The van der Waals surface area contributed by atoms with Gasteiger partial charge in [0.05, 0.1) is 0 Å². The number of carbonyl (C=O) groups is 2. The number of ether oxygens (including phenoxy) is 1. The van der Waals surface area contributed by atoms with Crippen molar-refractivity contribution in [1.82, 2.24) is 5.32 Å². The molecule has 1 saturated carbocycles. The summed E-state index contributed by atoms with van der Waals surface area (Å²) in [6.07, 6.45) is 4.46. The highest BCUT2D eigenvalue weighted by Crippen LogP contribution is 2.26. The molecule has 5 heteroatoms. The van der Waals surface area contributed by atoms with Gasteiger partial charge in [0.2, 0.25) is 0 Å². The van der Waals surface area contributed by atoms with Gasteiger partial charge in [0.15, 0.2) is 6.61 Å². The van der Waals surface area contributed by atoms with Crippen LogP contribution in [0.4, 0.5) is 0 Å². The van der Waals surface area contributed by atoms with Crippen LogP contribution in [0.1, 0.15) is 54.1 Å². The second-order valence-electron chi connectivity index (χ2n) is 6.56. The van der Waals surface area contributed by atoms with Gasteiger partial charge < -0.3 is 15.2 Å². The Bertz CT molecular complexity index is 574. The molecular weight excluding hydrogens is 294 g/mol. The van der Waals surface area contributed by atoms with Crippen LogP contribution in [0.15, 0.2) is 12.1 Å². The minimum Gasteiger partial charge on any atom is -0.481 e.